The van der Waals surface area contributed by atoms with Gasteiger partial charge in [0.2, 0.25) is 0 Å². The molecular formula is C21H19N5O4. The number of carbonyl (C=O) groups excluding carboxylic acids is 2. The zero-order valence-electron chi connectivity index (χ0n) is 16.0. The van der Waals surface area contributed by atoms with Gasteiger partial charge in [0.25, 0.3) is 11.6 Å². The van der Waals surface area contributed by atoms with E-state index in [1.54, 1.807) is 43.4 Å². The molecule has 0 saturated carbocycles. The van der Waals surface area contributed by atoms with Gasteiger partial charge in [-0.3, -0.25) is 14.9 Å². The van der Waals surface area contributed by atoms with Gasteiger partial charge in [0.05, 0.1) is 10.5 Å². The minimum atomic E-state index is -0.558. The molecule has 3 rings (SSSR count). The molecule has 0 radical (unpaired) electrons. The Morgan fingerprint density at radius 1 is 0.800 bits per heavy atom. The lowest BCUT2D eigenvalue weighted by Crippen LogP contribution is -2.19. The lowest BCUT2D eigenvalue weighted by molar-refractivity contribution is -0.384. The highest BCUT2D eigenvalue weighted by Crippen LogP contribution is 2.23. The number of hydrogen-bond donors (Lipinski definition) is 4. The highest BCUT2D eigenvalue weighted by atomic mass is 16.6. The molecule has 0 fully saturated rings. The number of nitrogens with zero attached hydrogens (tertiary/aromatic N) is 1. The number of hydrogen-bond acceptors (Lipinski definition) is 5. The van der Waals surface area contributed by atoms with Gasteiger partial charge in [0.1, 0.15) is 0 Å². The zero-order chi connectivity index (χ0) is 21.5. The molecule has 0 aliphatic carbocycles. The molecule has 0 aliphatic heterocycles. The fourth-order valence-corrected chi connectivity index (χ4v) is 2.70. The van der Waals surface area contributed by atoms with E-state index in [0.717, 1.165) is 0 Å². The number of anilines is 4. The van der Waals surface area contributed by atoms with Crippen LogP contribution in [0.5, 0.6) is 0 Å². The molecule has 0 heterocycles. The molecule has 0 saturated heterocycles. The molecule has 4 N–H and O–H groups in total. The van der Waals surface area contributed by atoms with Crippen LogP contribution in [0.4, 0.5) is 33.2 Å². The quantitative estimate of drug-likeness (QED) is 0.354. The summed E-state index contributed by atoms with van der Waals surface area (Å²) < 4.78 is 0. The standard InChI is InChI=1S/C21H19N5O4/c1-22-19-12-11-17(26(29)30)13-18(19)20(27)23-15-7-9-16(10-8-15)25-21(28)24-14-5-3-2-4-6-14/h2-13,22H,1H3,(H,23,27)(H2,24,25,28). The number of para-hydroxylation sites is 1. The molecule has 0 aliphatic rings. The second kappa shape index (κ2) is 9.20. The number of carbonyl (C=O) groups is 2. The predicted octanol–water partition coefficient (Wildman–Crippen LogP) is 4.53. The summed E-state index contributed by atoms with van der Waals surface area (Å²) in [7, 11) is 1.62. The van der Waals surface area contributed by atoms with Gasteiger partial charge in [-0.25, -0.2) is 4.79 Å². The number of benzene rings is 3. The van der Waals surface area contributed by atoms with Gasteiger partial charge in [-0.1, -0.05) is 18.2 Å². The van der Waals surface area contributed by atoms with Gasteiger partial charge in [-0.2, -0.15) is 0 Å². The van der Waals surface area contributed by atoms with E-state index in [1.807, 2.05) is 18.2 Å². The average Bonchev–Trinajstić information content (AvgIpc) is 2.75. The van der Waals surface area contributed by atoms with Gasteiger partial charge in [0.15, 0.2) is 0 Å². The van der Waals surface area contributed by atoms with Crippen molar-refractivity contribution in [2.45, 2.75) is 0 Å². The molecule has 152 valence electrons. The first-order valence-electron chi connectivity index (χ1n) is 8.97. The van der Waals surface area contributed by atoms with E-state index >= 15 is 0 Å². The van der Waals surface area contributed by atoms with Crippen LogP contribution in [0.25, 0.3) is 0 Å². The Bertz CT molecular complexity index is 1070. The van der Waals surface area contributed by atoms with Crippen molar-refractivity contribution in [2.75, 3.05) is 28.3 Å². The number of rotatable bonds is 6. The monoisotopic (exact) mass is 405 g/mol. The second-order valence-electron chi connectivity index (χ2n) is 6.21. The SMILES string of the molecule is CNc1ccc([N+](=O)[O-])cc1C(=O)Nc1ccc(NC(=O)Nc2ccccc2)cc1. The van der Waals surface area contributed by atoms with Crippen LogP contribution in [0.1, 0.15) is 10.4 Å². The molecule has 0 unspecified atom stereocenters. The molecule has 0 bridgehead atoms. The third-order valence-electron chi connectivity index (χ3n) is 4.16. The number of urea groups is 1. The van der Waals surface area contributed by atoms with Crippen molar-refractivity contribution in [1.29, 1.82) is 0 Å². The molecular weight excluding hydrogens is 386 g/mol. The summed E-state index contributed by atoms with van der Waals surface area (Å²) in [5, 5.41) is 21.9. The van der Waals surface area contributed by atoms with E-state index < -0.39 is 16.9 Å². The number of nitro groups is 1. The Morgan fingerprint density at radius 2 is 1.37 bits per heavy atom. The van der Waals surface area contributed by atoms with Crippen LogP contribution in [-0.4, -0.2) is 23.9 Å². The largest absolute Gasteiger partial charge is 0.387 e. The van der Waals surface area contributed by atoms with Crippen molar-refractivity contribution in [1.82, 2.24) is 0 Å². The summed E-state index contributed by atoms with van der Waals surface area (Å²) >= 11 is 0. The van der Waals surface area contributed by atoms with Gasteiger partial charge >= 0.3 is 6.03 Å². The molecule has 9 heteroatoms. The second-order valence-corrected chi connectivity index (χ2v) is 6.21. The molecule has 3 aromatic carbocycles. The maximum atomic E-state index is 12.6. The van der Waals surface area contributed by atoms with Gasteiger partial charge in [-0.05, 0) is 42.5 Å². The third kappa shape index (κ3) is 5.10. The fourth-order valence-electron chi connectivity index (χ4n) is 2.70. The zero-order valence-corrected chi connectivity index (χ0v) is 16.0. The smallest absolute Gasteiger partial charge is 0.323 e. The van der Waals surface area contributed by atoms with E-state index in [0.29, 0.717) is 22.7 Å². The first-order valence-corrected chi connectivity index (χ1v) is 8.97. The van der Waals surface area contributed by atoms with Gasteiger partial charge < -0.3 is 21.3 Å². The van der Waals surface area contributed by atoms with Crippen LogP contribution >= 0.6 is 0 Å². The number of amides is 3. The van der Waals surface area contributed by atoms with E-state index in [2.05, 4.69) is 21.3 Å². The van der Waals surface area contributed by atoms with E-state index in [4.69, 9.17) is 0 Å². The van der Waals surface area contributed by atoms with Gasteiger partial charge in [0, 0.05) is 41.9 Å². The predicted molar refractivity (Wildman–Crippen MR) is 116 cm³/mol. The minimum Gasteiger partial charge on any atom is -0.387 e. The van der Waals surface area contributed by atoms with Gasteiger partial charge in [-0.15, -0.1) is 0 Å². The summed E-state index contributed by atoms with van der Waals surface area (Å²) in [5.41, 5.74) is 2.11. The first kappa shape index (κ1) is 20.3. The first-order chi connectivity index (χ1) is 14.5. The number of nitrogens with one attached hydrogen (secondary N) is 4. The van der Waals surface area contributed by atoms with E-state index in [1.165, 1.54) is 18.2 Å². The summed E-state index contributed by atoms with van der Waals surface area (Å²) in [6, 6.07) is 19.1. The number of non-ortho nitro benzene ring substituents is 1. The Balaban J connectivity index is 1.65. The Hall–Kier alpha value is -4.40. The van der Waals surface area contributed by atoms with Crippen molar-refractivity contribution < 1.29 is 14.5 Å². The van der Waals surface area contributed by atoms with Crippen molar-refractivity contribution in [3.05, 3.63) is 88.5 Å². The molecule has 0 aromatic heterocycles. The lowest BCUT2D eigenvalue weighted by Gasteiger charge is -2.11. The lowest BCUT2D eigenvalue weighted by atomic mass is 10.1. The van der Waals surface area contributed by atoms with E-state index in [9.17, 15) is 19.7 Å². The maximum Gasteiger partial charge on any atom is 0.323 e. The van der Waals surface area contributed by atoms with Crippen LogP contribution in [0, 0.1) is 10.1 Å². The molecule has 0 spiro atoms. The van der Waals surface area contributed by atoms with Crippen molar-refractivity contribution >= 4 is 40.4 Å². The minimum absolute atomic E-state index is 0.149. The van der Waals surface area contributed by atoms with Crippen LogP contribution in [0.15, 0.2) is 72.8 Å². The summed E-state index contributed by atoms with van der Waals surface area (Å²) in [4.78, 5) is 35.0. The molecule has 30 heavy (non-hydrogen) atoms. The Labute approximate surface area is 172 Å². The van der Waals surface area contributed by atoms with Crippen molar-refractivity contribution in [3.8, 4) is 0 Å². The molecule has 3 amide bonds. The van der Waals surface area contributed by atoms with E-state index in [-0.39, 0.29) is 11.3 Å². The maximum absolute atomic E-state index is 12.6. The summed E-state index contributed by atoms with van der Waals surface area (Å²) in [5.74, 6) is -0.495. The topological polar surface area (TPSA) is 125 Å². The highest BCUT2D eigenvalue weighted by Gasteiger charge is 2.16. The van der Waals surface area contributed by atoms with Crippen LogP contribution in [0.3, 0.4) is 0 Å². The molecule has 3 aromatic rings. The average molecular weight is 405 g/mol. The Kier molecular flexibility index (Phi) is 6.23. The van der Waals surface area contributed by atoms with Crippen molar-refractivity contribution in [2.24, 2.45) is 0 Å². The number of nitro benzene ring substituents is 1. The van der Waals surface area contributed by atoms with Crippen LogP contribution in [-0.2, 0) is 0 Å². The summed E-state index contributed by atoms with van der Waals surface area (Å²) in [6.45, 7) is 0. The normalized spacial score (nSPS) is 10.0. The molecule has 9 nitrogen and oxygen atoms in total. The fraction of sp³-hybridized carbons (Fsp3) is 0.0476. The highest BCUT2D eigenvalue weighted by molar-refractivity contribution is 6.08. The Morgan fingerprint density at radius 3 is 1.93 bits per heavy atom. The summed E-state index contributed by atoms with van der Waals surface area (Å²) in [6.07, 6.45) is 0. The van der Waals surface area contributed by atoms with Crippen LogP contribution < -0.4 is 21.3 Å². The van der Waals surface area contributed by atoms with Crippen LogP contribution in [0.2, 0.25) is 0 Å². The third-order valence-corrected chi connectivity index (χ3v) is 4.16. The molecule has 0 atom stereocenters. The van der Waals surface area contributed by atoms with Crippen molar-refractivity contribution in [3.63, 3.8) is 0 Å².